The number of fused-ring (bicyclic) bond motifs is 3. The molecule has 20 heavy (non-hydrogen) atoms. The van der Waals surface area contributed by atoms with Crippen LogP contribution in [0.25, 0.3) is 0 Å². The number of ether oxygens (including phenoxy) is 2. The summed E-state index contributed by atoms with van der Waals surface area (Å²) in [6, 6.07) is 5.31. The minimum atomic E-state index is -3.54. The van der Waals surface area contributed by atoms with Crippen LogP contribution in [-0.2, 0) is 0 Å². The van der Waals surface area contributed by atoms with Gasteiger partial charge in [0, 0.05) is 30.9 Å². The Balaban J connectivity index is 1.50. The van der Waals surface area contributed by atoms with Crippen LogP contribution >= 0.6 is 0 Å². The Bertz CT molecular complexity index is 538. The Morgan fingerprint density at radius 3 is 2.85 bits per heavy atom. The van der Waals surface area contributed by atoms with E-state index in [0.29, 0.717) is 12.0 Å². The van der Waals surface area contributed by atoms with Gasteiger partial charge < -0.3 is 19.7 Å². The van der Waals surface area contributed by atoms with Crippen LogP contribution in [0.1, 0.15) is 12.8 Å². The number of hydrogen-bond acceptors (Lipinski definition) is 4. The smallest absolute Gasteiger partial charge is 0.395 e. The number of alkyl halides is 2. The number of hydrogen-bond donors (Lipinski definition) is 1. The molecule has 1 N–H and O–H groups in total. The molecule has 0 aromatic heterocycles. The molecule has 6 heteroatoms. The van der Waals surface area contributed by atoms with Crippen LogP contribution in [0.15, 0.2) is 18.2 Å². The minimum absolute atomic E-state index is 0.0937. The van der Waals surface area contributed by atoms with Crippen LogP contribution < -0.4 is 14.8 Å². The van der Waals surface area contributed by atoms with Crippen LogP contribution in [-0.4, -0.2) is 36.9 Å². The van der Waals surface area contributed by atoms with Crippen molar-refractivity contribution in [3.8, 4) is 11.5 Å². The molecule has 4 nitrogen and oxygen atoms in total. The fraction of sp³-hybridized carbons (Fsp3) is 0.571. The van der Waals surface area contributed by atoms with Gasteiger partial charge in [0.05, 0.1) is 0 Å². The van der Waals surface area contributed by atoms with E-state index in [1.807, 2.05) is 0 Å². The summed E-state index contributed by atoms with van der Waals surface area (Å²) in [5, 5.41) is 3.46. The van der Waals surface area contributed by atoms with E-state index in [4.69, 9.17) is 0 Å². The lowest BCUT2D eigenvalue weighted by molar-refractivity contribution is -0.286. The predicted octanol–water partition coefficient (Wildman–Crippen LogP) is 2.51. The number of rotatable bonds is 2. The quantitative estimate of drug-likeness (QED) is 0.903. The van der Waals surface area contributed by atoms with Crippen LogP contribution in [0, 0.1) is 5.92 Å². The molecule has 2 saturated heterocycles. The first kappa shape index (κ1) is 12.2. The average Bonchev–Trinajstić information content (AvgIpc) is 2.92. The van der Waals surface area contributed by atoms with Crippen molar-refractivity contribution in [2.24, 2.45) is 5.92 Å². The molecule has 3 unspecified atom stereocenters. The van der Waals surface area contributed by atoms with Crippen molar-refractivity contribution in [3.05, 3.63) is 18.2 Å². The Kier molecular flexibility index (Phi) is 2.57. The van der Waals surface area contributed by atoms with Crippen molar-refractivity contribution >= 4 is 5.69 Å². The highest BCUT2D eigenvalue weighted by Crippen LogP contribution is 2.42. The first-order valence-electron chi connectivity index (χ1n) is 6.98. The molecule has 1 aromatic carbocycles. The second kappa shape index (κ2) is 4.22. The molecule has 0 spiro atoms. The highest BCUT2D eigenvalue weighted by Gasteiger charge is 2.43. The molecule has 0 aliphatic carbocycles. The maximum atomic E-state index is 13.0. The Hall–Kier alpha value is -1.56. The van der Waals surface area contributed by atoms with Gasteiger partial charge in [-0.25, -0.2) is 0 Å². The highest BCUT2D eigenvalue weighted by atomic mass is 19.3. The maximum Gasteiger partial charge on any atom is 0.586 e. The van der Waals surface area contributed by atoms with E-state index in [-0.39, 0.29) is 11.5 Å². The Labute approximate surface area is 115 Å². The number of nitrogens with one attached hydrogen (secondary N) is 1. The van der Waals surface area contributed by atoms with Gasteiger partial charge in [0.1, 0.15) is 0 Å². The molecule has 4 rings (SSSR count). The van der Waals surface area contributed by atoms with Gasteiger partial charge in [0.15, 0.2) is 11.5 Å². The summed E-state index contributed by atoms with van der Waals surface area (Å²) in [5.74, 6) is 0.843. The Morgan fingerprint density at radius 1 is 1.15 bits per heavy atom. The zero-order valence-electron chi connectivity index (χ0n) is 10.9. The van der Waals surface area contributed by atoms with Gasteiger partial charge in [-0.1, -0.05) is 0 Å². The molecular weight excluding hydrogens is 266 g/mol. The second-order valence-electron chi connectivity index (χ2n) is 5.72. The molecule has 0 saturated carbocycles. The van der Waals surface area contributed by atoms with E-state index in [9.17, 15) is 8.78 Å². The first-order chi connectivity index (χ1) is 9.59. The number of piperidine rings is 1. The average molecular weight is 282 g/mol. The van der Waals surface area contributed by atoms with E-state index in [1.165, 1.54) is 19.0 Å². The molecule has 0 amide bonds. The number of halogens is 2. The van der Waals surface area contributed by atoms with Crippen molar-refractivity contribution in [2.75, 3.05) is 25.0 Å². The predicted molar refractivity (Wildman–Crippen MR) is 69.2 cm³/mol. The SMILES string of the molecule is FC1(F)Oc2ccc(NC3CCN4CCC3C4)cc2O1. The topological polar surface area (TPSA) is 33.7 Å². The summed E-state index contributed by atoms with van der Waals surface area (Å²) >= 11 is 0. The van der Waals surface area contributed by atoms with Gasteiger partial charge in [0.2, 0.25) is 0 Å². The monoisotopic (exact) mass is 282 g/mol. The summed E-state index contributed by atoms with van der Waals surface area (Å²) in [7, 11) is 0. The lowest BCUT2D eigenvalue weighted by Crippen LogP contribution is -2.39. The summed E-state index contributed by atoms with van der Waals surface area (Å²) in [5.41, 5.74) is 0.815. The second-order valence-corrected chi connectivity index (χ2v) is 5.72. The molecule has 3 aliphatic rings. The van der Waals surface area contributed by atoms with Crippen LogP contribution in [0.5, 0.6) is 11.5 Å². The largest absolute Gasteiger partial charge is 0.586 e. The fourth-order valence-corrected chi connectivity index (χ4v) is 3.39. The summed E-state index contributed by atoms with van der Waals surface area (Å²) in [4.78, 5) is 2.48. The van der Waals surface area contributed by atoms with Gasteiger partial charge in [0.25, 0.3) is 0 Å². The lowest BCUT2D eigenvalue weighted by Gasteiger charge is -2.31. The van der Waals surface area contributed by atoms with Gasteiger partial charge in [-0.3, -0.25) is 0 Å². The lowest BCUT2D eigenvalue weighted by atomic mass is 9.94. The van der Waals surface area contributed by atoms with Crippen LogP contribution in [0.4, 0.5) is 14.5 Å². The van der Waals surface area contributed by atoms with Crippen molar-refractivity contribution < 1.29 is 18.3 Å². The number of anilines is 1. The third-order valence-electron chi connectivity index (χ3n) is 4.39. The summed E-state index contributed by atoms with van der Waals surface area (Å²) < 4.78 is 34.8. The highest BCUT2D eigenvalue weighted by molar-refractivity contribution is 5.56. The Morgan fingerprint density at radius 2 is 1.95 bits per heavy atom. The molecule has 2 bridgehead atoms. The first-order valence-corrected chi connectivity index (χ1v) is 6.98. The summed E-state index contributed by atoms with van der Waals surface area (Å²) in [6.45, 7) is 3.42. The van der Waals surface area contributed by atoms with Crippen molar-refractivity contribution in [1.29, 1.82) is 0 Å². The third kappa shape index (κ3) is 2.08. The molecule has 108 valence electrons. The van der Waals surface area contributed by atoms with Crippen molar-refractivity contribution in [2.45, 2.75) is 25.2 Å². The normalized spacial score (nSPS) is 33.2. The van der Waals surface area contributed by atoms with E-state index in [1.54, 1.807) is 12.1 Å². The maximum absolute atomic E-state index is 13.0. The van der Waals surface area contributed by atoms with E-state index in [2.05, 4.69) is 19.7 Å². The molecule has 3 aliphatic heterocycles. The summed E-state index contributed by atoms with van der Waals surface area (Å²) in [6.07, 6.45) is -1.24. The van der Waals surface area contributed by atoms with E-state index < -0.39 is 6.29 Å². The molecule has 3 atom stereocenters. The molecule has 2 fully saturated rings. The molecule has 1 aromatic rings. The van der Waals surface area contributed by atoms with Gasteiger partial charge in [-0.15, -0.1) is 8.78 Å². The number of benzene rings is 1. The fourth-order valence-electron chi connectivity index (χ4n) is 3.39. The van der Waals surface area contributed by atoms with Crippen molar-refractivity contribution in [3.63, 3.8) is 0 Å². The zero-order chi connectivity index (χ0) is 13.7. The van der Waals surface area contributed by atoms with Gasteiger partial charge in [-0.2, -0.15) is 0 Å². The third-order valence-corrected chi connectivity index (χ3v) is 4.39. The standard InChI is InChI=1S/C14H16F2N2O2/c15-14(16)19-12-2-1-10(7-13(12)20-14)17-11-4-6-18-5-3-9(11)8-18/h1-2,7,9,11,17H,3-6,8H2. The van der Waals surface area contributed by atoms with E-state index in [0.717, 1.165) is 25.2 Å². The van der Waals surface area contributed by atoms with E-state index >= 15 is 0 Å². The van der Waals surface area contributed by atoms with Crippen LogP contribution in [0.2, 0.25) is 0 Å². The van der Waals surface area contributed by atoms with Crippen molar-refractivity contribution in [1.82, 2.24) is 4.90 Å². The van der Waals surface area contributed by atoms with Gasteiger partial charge in [-0.05, 0) is 37.4 Å². The zero-order valence-corrected chi connectivity index (χ0v) is 10.9. The van der Waals surface area contributed by atoms with Gasteiger partial charge >= 0.3 is 6.29 Å². The molecule has 3 heterocycles. The molecular formula is C14H16F2N2O2. The molecule has 0 radical (unpaired) electrons. The minimum Gasteiger partial charge on any atom is -0.395 e. The van der Waals surface area contributed by atoms with Crippen LogP contribution in [0.3, 0.4) is 0 Å². The number of nitrogens with zero attached hydrogens (tertiary/aromatic N) is 1.